The van der Waals surface area contributed by atoms with E-state index in [-0.39, 0.29) is 18.7 Å². The lowest BCUT2D eigenvalue weighted by molar-refractivity contribution is -0.124. The Labute approximate surface area is 172 Å². The molecule has 2 aromatic rings. The van der Waals surface area contributed by atoms with Crippen molar-refractivity contribution >= 4 is 46.9 Å². The molecule has 0 aromatic heterocycles. The number of hydrogen-bond donors (Lipinski definition) is 2. The van der Waals surface area contributed by atoms with Crippen molar-refractivity contribution in [3.63, 3.8) is 0 Å². The molecular formula is C19H19Cl2N3O4. The molecule has 0 spiro atoms. The van der Waals surface area contributed by atoms with Crippen molar-refractivity contribution in [2.75, 3.05) is 19.5 Å². The minimum Gasteiger partial charge on any atom is -0.493 e. The molecule has 7 nitrogen and oxygen atoms in total. The van der Waals surface area contributed by atoms with Crippen molar-refractivity contribution in [3.05, 3.63) is 52.0 Å². The Morgan fingerprint density at radius 3 is 2.39 bits per heavy atom. The second-order valence-electron chi connectivity index (χ2n) is 5.58. The predicted octanol–water partition coefficient (Wildman–Crippen LogP) is 3.88. The molecule has 28 heavy (non-hydrogen) atoms. The van der Waals surface area contributed by atoms with Gasteiger partial charge in [-0.3, -0.25) is 9.59 Å². The molecule has 0 aliphatic rings. The number of carbonyl (C=O) groups excluding carboxylic acids is 2. The molecule has 0 aliphatic heterocycles. The van der Waals surface area contributed by atoms with Gasteiger partial charge in [-0.2, -0.15) is 5.10 Å². The second kappa shape index (κ2) is 10.5. The first-order chi connectivity index (χ1) is 13.4. The number of anilines is 1. The van der Waals surface area contributed by atoms with Gasteiger partial charge in [0.1, 0.15) is 0 Å². The molecule has 0 unspecified atom stereocenters. The first-order valence-corrected chi connectivity index (χ1v) is 8.97. The molecule has 0 saturated carbocycles. The molecule has 0 fully saturated rings. The molecule has 0 saturated heterocycles. The van der Waals surface area contributed by atoms with Crippen LogP contribution in [0.1, 0.15) is 18.4 Å². The lowest BCUT2D eigenvalue weighted by Crippen LogP contribution is -2.20. The highest BCUT2D eigenvalue weighted by Crippen LogP contribution is 2.27. The highest BCUT2D eigenvalue weighted by molar-refractivity contribution is 6.36. The van der Waals surface area contributed by atoms with Gasteiger partial charge >= 0.3 is 0 Å². The summed E-state index contributed by atoms with van der Waals surface area (Å²) in [4.78, 5) is 23.8. The van der Waals surface area contributed by atoms with Gasteiger partial charge in [0.2, 0.25) is 11.8 Å². The van der Waals surface area contributed by atoms with Crippen LogP contribution in [0.2, 0.25) is 10.0 Å². The summed E-state index contributed by atoms with van der Waals surface area (Å²) in [5, 5.41) is 7.29. The Kier molecular flexibility index (Phi) is 8.10. The van der Waals surface area contributed by atoms with Crippen LogP contribution in [-0.2, 0) is 9.59 Å². The molecule has 0 heterocycles. The van der Waals surface area contributed by atoms with Crippen LogP contribution in [-0.4, -0.2) is 32.2 Å². The van der Waals surface area contributed by atoms with E-state index < -0.39 is 5.91 Å². The maximum atomic E-state index is 11.9. The summed E-state index contributed by atoms with van der Waals surface area (Å²) in [5.74, 6) is 0.406. The predicted molar refractivity (Wildman–Crippen MR) is 110 cm³/mol. The van der Waals surface area contributed by atoms with E-state index in [4.69, 9.17) is 32.7 Å². The first kappa shape index (κ1) is 21.5. The average Bonchev–Trinajstić information content (AvgIpc) is 2.68. The van der Waals surface area contributed by atoms with E-state index in [0.717, 1.165) is 0 Å². The maximum Gasteiger partial charge on any atom is 0.240 e. The van der Waals surface area contributed by atoms with E-state index in [1.807, 2.05) is 0 Å². The minimum atomic E-state index is -0.394. The summed E-state index contributed by atoms with van der Waals surface area (Å²) in [6.45, 7) is 0. The summed E-state index contributed by atoms with van der Waals surface area (Å²) in [5.41, 5.74) is 3.52. The van der Waals surface area contributed by atoms with E-state index in [2.05, 4.69) is 15.8 Å². The number of methoxy groups -OCH3 is 2. The zero-order chi connectivity index (χ0) is 20.5. The number of carbonyl (C=O) groups is 2. The average molecular weight is 424 g/mol. The largest absolute Gasteiger partial charge is 0.493 e. The molecule has 2 amide bonds. The second-order valence-corrected chi connectivity index (χ2v) is 6.42. The molecule has 148 valence electrons. The summed E-state index contributed by atoms with van der Waals surface area (Å²) >= 11 is 11.8. The number of rotatable bonds is 8. The van der Waals surface area contributed by atoms with Gasteiger partial charge < -0.3 is 14.8 Å². The van der Waals surface area contributed by atoms with Gasteiger partial charge in [-0.05, 0) is 42.0 Å². The van der Waals surface area contributed by atoms with Gasteiger partial charge in [0, 0.05) is 17.9 Å². The van der Waals surface area contributed by atoms with Gasteiger partial charge in [0.25, 0.3) is 0 Å². The van der Waals surface area contributed by atoms with E-state index in [9.17, 15) is 9.59 Å². The quantitative estimate of drug-likeness (QED) is 0.497. The van der Waals surface area contributed by atoms with E-state index in [1.165, 1.54) is 19.4 Å². The normalized spacial score (nSPS) is 10.6. The van der Waals surface area contributed by atoms with Crippen molar-refractivity contribution < 1.29 is 19.1 Å². The zero-order valence-corrected chi connectivity index (χ0v) is 16.8. The Bertz CT molecular complexity index is 887. The number of ether oxygens (including phenoxy) is 2. The fraction of sp³-hybridized carbons (Fsp3) is 0.211. The summed E-state index contributed by atoms with van der Waals surface area (Å²) in [6, 6.07) is 9.94. The van der Waals surface area contributed by atoms with Gasteiger partial charge in [-0.1, -0.05) is 23.2 Å². The fourth-order valence-corrected chi connectivity index (χ4v) is 2.65. The highest BCUT2D eigenvalue weighted by Gasteiger charge is 2.09. The summed E-state index contributed by atoms with van der Waals surface area (Å²) in [7, 11) is 3.08. The number of hydrogen-bond acceptors (Lipinski definition) is 5. The SMILES string of the molecule is COc1ccc(/C=N/NC(=O)CCC(=O)Nc2ccc(Cl)cc2Cl)cc1OC. The zero-order valence-electron chi connectivity index (χ0n) is 15.3. The van der Waals surface area contributed by atoms with Crippen LogP contribution >= 0.6 is 23.2 Å². The molecule has 2 N–H and O–H groups in total. The van der Waals surface area contributed by atoms with Crippen LogP contribution in [0.15, 0.2) is 41.5 Å². The minimum absolute atomic E-state index is 0.0172. The molecule has 2 rings (SSSR count). The van der Waals surface area contributed by atoms with Gasteiger partial charge in [-0.15, -0.1) is 0 Å². The first-order valence-electron chi connectivity index (χ1n) is 8.21. The lowest BCUT2D eigenvalue weighted by Gasteiger charge is -2.07. The van der Waals surface area contributed by atoms with Crippen molar-refractivity contribution in [1.82, 2.24) is 5.43 Å². The smallest absolute Gasteiger partial charge is 0.240 e. The monoisotopic (exact) mass is 423 g/mol. The number of amides is 2. The fourth-order valence-electron chi connectivity index (χ4n) is 2.20. The van der Waals surface area contributed by atoms with E-state index in [0.29, 0.717) is 32.8 Å². The van der Waals surface area contributed by atoms with Crippen LogP contribution in [0.3, 0.4) is 0 Å². The van der Waals surface area contributed by atoms with Crippen molar-refractivity contribution in [1.29, 1.82) is 0 Å². The van der Waals surface area contributed by atoms with Crippen molar-refractivity contribution in [3.8, 4) is 11.5 Å². The molecule has 9 heteroatoms. The van der Waals surface area contributed by atoms with Gasteiger partial charge in [0.15, 0.2) is 11.5 Å². The molecule has 0 bridgehead atoms. The molecule has 0 atom stereocenters. The van der Waals surface area contributed by atoms with Crippen LogP contribution in [0, 0.1) is 0 Å². The summed E-state index contributed by atoms with van der Waals surface area (Å²) < 4.78 is 10.3. The third kappa shape index (κ3) is 6.44. The topological polar surface area (TPSA) is 89.0 Å². The molecule has 0 radical (unpaired) electrons. The lowest BCUT2D eigenvalue weighted by atomic mass is 10.2. The van der Waals surface area contributed by atoms with Crippen LogP contribution < -0.4 is 20.2 Å². The number of nitrogens with one attached hydrogen (secondary N) is 2. The van der Waals surface area contributed by atoms with E-state index in [1.54, 1.807) is 37.4 Å². The Morgan fingerprint density at radius 2 is 1.71 bits per heavy atom. The number of benzene rings is 2. The third-order valence-electron chi connectivity index (χ3n) is 3.59. The molecular weight excluding hydrogens is 405 g/mol. The molecule has 0 aliphatic carbocycles. The Hall–Kier alpha value is -2.77. The third-order valence-corrected chi connectivity index (χ3v) is 4.14. The number of halogens is 2. The van der Waals surface area contributed by atoms with Crippen molar-refractivity contribution in [2.45, 2.75) is 12.8 Å². The maximum absolute atomic E-state index is 11.9. The Morgan fingerprint density at radius 1 is 1.00 bits per heavy atom. The molecule has 2 aromatic carbocycles. The van der Waals surface area contributed by atoms with Crippen LogP contribution in [0.5, 0.6) is 11.5 Å². The van der Waals surface area contributed by atoms with Crippen LogP contribution in [0.25, 0.3) is 0 Å². The Balaban J connectivity index is 1.80. The standard InChI is InChI=1S/C19H19Cl2N3O4/c1-27-16-6-3-12(9-17(16)28-2)11-22-24-19(26)8-7-18(25)23-15-5-4-13(20)10-14(15)21/h3-6,9-11H,7-8H2,1-2H3,(H,23,25)(H,24,26)/b22-11+. The van der Waals surface area contributed by atoms with E-state index >= 15 is 0 Å². The number of nitrogens with zero attached hydrogens (tertiary/aromatic N) is 1. The highest BCUT2D eigenvalue weighted by atomic mass is 35.5. The van der Waals surface area contributed by atoms with Gasteiger partial charge in [0.05, 0.1) is 31.1 Å². The van der Waals surface area contributed by atoms with Crippen LogP contribution in [0.4, 0.5) is 5.69 Å². The summed E-state index contributed by atoms with van der Waals surface area (Å²) in [6.07, 6.45) is 1.42. The van der Waals surface area contributed by atoms with Crippen molar-refractivity contribution in [2.24, 2.45) is 5.10 Å². The van der Waals surface area contributed by atoms with Gasteiger partial charge in [-0.25, -0.2) is 5.43 Å². The number of hydrazone groups is 1.